The van der Waals surface area contributed by atoms with E-state index in [1.54, 1.807) is 0 Å². The normalized spacial score (nSPS) is 12.0. The minimum absolute atomic E-state index is 0.0327. The van der Waals surface area contributed by atoms with Gasteiger partial charge in [0.1, 0.15) is 5.75 Å². The van der Waals surface area contributed by atoms with E-state index < -0.39 is 0 Å². The third kappa shape index (κ3) is 6.06. The summed E-state index contributed by atoms with van der Waals surface area (Å²) in [5.74, 6) is 0.771. The molecule has 1 atom stereocenters. The first-order valence-electron chi connectivity index (χ1n) is 7.16. The summed E-state index contributed by atoms with van der Waals surface area (Å²) in [4.78, 5) is 11.7. The second-order valence-electron chi connectivity index (χ2n) is 5.11. The molecule has 0 fully saturated rings. The van der Waals surface area contributed by atoms with Gasteiger partial charge in [0, 0.05) is 12.6 Å². The number of aliphatic hydroxyl groups is 1. The largest absolute Gasteiger partial charge is 0.493 e. The van der Waals surface area contributed by atoms with E-state index in [1.165, 1.54) is 0 Å². The molecule has 1 aromatic carbocycles. The Morgan fingerprint density at radius 2 is 1.95 bits per heavy atom. The molecule has 0 heterocycles. The van der Waals surface area contributed by atoms with Crippen LogP contribution in [0.4, 0.5) is 0 Å². The highest BCUT2D eigenvalue weighted by molar-refractivity contribution is 5.76. The van der Waals surface area contributed by atoms with Gasteiger partial charge in [-0.25, -0.2) is 0 Å². The first-order valence-corrected chi connectivity index (χ1v) is 7.16. The highest BCUT2D eigenvalue weighted by Gasteiger charge is 2.09. The zero-order valence-electron chi connectivity index (χ0n) is 12.6. The Morgan fingerprint density at radius 3 is 2.50 bits per heavy atom. The van der Waals surface area contributed by atoms with E-state index in [0.29, 0.717) is 19.4 Å². The summed E-state index contributed by atoms with van der Waals surface area (Å²) in [7, 11) is 0. The predicted octanol–water partition coefficient (Wildman–Crippen LogP) is 2.35. The third-order valence-corrected chi connectivity index (χ3v) is 3.13. The van der Waals surface area contributed by atoms with E-state index in [9.17, 15) is 4.79 Å². The van der Waals surface area contributed by atoms with Gasteiger partial charge >= 0.3 is 0 Å². The number of rotatable bonds is 8. The number of nitrogens with one attached hydrogen (secondary N) is 1. The van der Waals surface area contributed by atoms with E-state index in [1.807, 2.05) is 32.9 Å². The number of aryl methyl sites for hydroxylation is 2. The standard InChI is InChI=1S/C16H25NO3/c1-4-14(5-7-18)17-16(19)6-8-20-15-10-12(2)9-13(3)11-15/h9-11,14,18H,4-8H2,1-3H3,(H,17,19). The van der Waals surface area contributed by atoms with Gasteiger partial charge in [-0.05, 0) is 49.9 Å². The van der Waals surface area contributed by atoms with Crippen LogP contribution in [0, 0.1) is 13.8 Å². The molecular weight excluding hydrogens is 254 g/mol. The van der Waals surface area contributed by atoms with Crippen molar-refractivity contribution >= 4 is 5.91 Å². The molecular formula is C16H25NO3. The van der Waals surface area contributed by atoms with Gasteiger partial charge in [-0.1, -0.05) is 13.0 Å². The zero-order valence-corrected chi connectivity index (χ0v) is 12.6. The average molecular weight is 279 g/mol. The Hall–Kier alpha value is -1.55. The summed E-state index contributed by atoms with van der Waals surface area (Å²) in [5.41, 5.74) is 2.30. The molecule has 0 bridgehead atoms. The minimum Gasteiger partial charge on any atom is -0.493 e. The van der Waals surface area contributed by atoms with Gasteiger partial charge in [-0.2, -0.15) is 0 Å². The number of carbonyl (C=O) groups is 1. The molecule has 0 aromatic heterocycles. The van der Waals surface area contributed by atoms with E-state index >= 15 is 0 Å². The lowest BCUT2D eigenvalue weighted by Gasteiger charge is -2.15. The Kier molecular flexibility index (Phi) is 7.09. The van der Waals surface area contributed by atoms with Gasteiger partial charge in [-0.3, -0.25) is 4.79 Å². The number of carbonyl (C=O) groups excluding carboxylic acids is 1. The van der Waals surface area contributed by atoms with Crippen LogP contribution in [0.25, 0.3) is 0 Å². The fourth-order valence-electron chi connectivity index (χ4n) is 2.11. The van der Waals surface area contributed by atoms with Crippen molar-refractivity contribution in [2.75, 3.05) is 13.2 Å². The molecule has 20 heavy (non-hydrogen) atoms. The van der Waals surface area contributed by atoms with Crippen molar-refractivity contribution in [3.63, 3.8) is 0 Å². The first-order chi connectivity index (χ1) is 9.55. The van der Waals surface area contributed by atoms with Crippen LogP contribution in [-0.2, 0) is 4.79 Å². The second kappa shape index (κ2) is 8.59. The summed E-state index contributed by atoms with van der Waals surface area (Å²) in [6, 6.07) is 6.06. The SMILES string of the molecule is CCC(CCO)NC(=O)CCOc1cc(C)cc(C)c1. The molecule has 0 saturated heterocycles. The molecule has 1 rings (SSSR count). The maximum Gasteiger partial charge on any atom is 0.223 e. The highest BCUT2D eigenvalue weighted by atomic mass is 16.5. The van der Waals surface area contributed by atoms with Crippen molar-refractivity contribution in [2.45, 2.75) is 46.1 Å². The average Bonchev–Trinajstić information content (AvgIpc) is 2.37. The molecule has 0 aliphatic carbocycles. The number of amides is 1. The van der Waals surface area contributed by atoms with Crippen LogP contribution in [0.3, 0.4) is 0 Å². The first kappa shape index (κ1) is 16.5. The summed E-state index contributed by atoms with van der Waals surface area (Å²) >= 11 is 0. The van der Waals surface area contributed by atoms with Crippen molar-refractivity contribution in [3.05, 3.63) is 29.3 Å². The number of hydrogen-bond acceptors (Lipinski definition) is 3. The van der Waals surface area contributed by atoms with Crippen LogP contribution < -0.4 is 10.1 Å². The number of benzene rings is 1. The summed E-state index contributed by atoms with van der Waals surface area (Å²) in [6.45, 7) is 6.50. The molecule has 4 heteroatoms. The zero-order chi connectivity index (χ0) is 15.0. The molecule has 0 aliphatic rings. The second-order valence-corrected chi connectivity index (χ2v) is 5.11. The number of aliphatic hydroxyl groups excluding tert-OH is 1. The fraction of sp³-hybridized carbons (Fsp3) is 0.562. The molecule has 1 amide bonds. The Labute approximate surface area is 121 Å². The van der Waals surface area contributed by atoms with E-state index in [2.05, 4.69) is 11.4 Å². The molecule has 0 spiro atoms. The van der Waals surface area contributed by atoms with Crippen molar-refractivity contribution in [1.82, 2.24) is 5.32 Å². The van der Waals surface area contributed by atoms with Gasteiger partial charge in [0.2, 0.25) is 5.91 Å². The van der Waals surface area contributed by atoms with Gasteiger partial charge in [0.05, 0.1) is 13.0 Å². The van der Waals surface area contributed by atoms with Crippen molar-refractivity contribution in [1.29, 1.82) is 0 Å². The number of ether oxygens (including phenoxy) is 1. The lowest BCUT2D eigenvalue weighted by atomic mass is 10.1. The highest BCUT2D eigenvalue weighted by Crippen LogP contribution is 2.16. The molecule has 4 nitrogen and oxygen atoms in total. The summed E-state index contributed by atoms with van der Waals surface area (Å²) in [5, 5.41) is 11.8. The fourth-order valence-corrected chi connectivity index (χ4v) is 2.11. The maximum atomic E-state index is 11.7. The van der Waals surface area contributed by atoms with Crippen LogP contribution in [-0.4, -0.2) is 30.3 Å². The predicted molar refractivity (Wildman–Crippen MR) is 80.0 cm³/mol. The lowest BCUT2D eigenvalue weighted by molar-refractivity contribution is -0.122. The van der Waals surface area contributed by atoms with E-state index in [0.717, 1.165) is 23.3 Å². The van der Waals surface area contributed by atoms with Crippen LogP contribution in [0.2, 0.25) is 0 Å². The molecule has 112 valence electrons. The monoisotopic (exact) mass is 279 g/mol. The molecule has 1 aromatic rings. The Morgan fingerprint density at radius 1 is 1.30 bits per heavy atom. The van der Waals surface area contributed by atoms with Gasteiger partial charge < -0.3 is 15.2 Å². The quantitative estimate of drug-likeness (QED) is 0.768. The molecule has 0 saturated carbocycles. The van der Waals surface area contributed by atoms with E-state index in [-0.39, 0.29) is 18.6 Å². The topological polar surface area (TPSA) is 58.6 Å². The van der Waals surface area contributed by atoms with Crippen molar-refractivity contribution < 1.29 is 14.6 Å². The van der Waals surface area contributed by atoms with Gasteiger partial charge in [-0.15, -0.1) is 0 Å². The van der Waals surface area contributed by atoms with Crippen molar-refractivity contribution in [3.8, 4) is 5.75 Å². The molecule has 0 aliphatic heterocycles. The lowest BCUT2D eigenvalue weighted by Crippen LogP contribution is -2.35. The van der Waals surface area contributed by atoms with Crippen LogP contribution in [0.1, 0.15) is 37.3 Å². The molecule has 2 N–H and O–H groups in total. The van der Waals surface area contributed by atoms with Crippen LogP contribution in [0.15, 0.2) is 18.2 Å². The summed E-state index contributed by atoms with van der Waals surface area (Å²) in [6.07, 6.45) is 1.75. The maximum absolute atomic E-state index is 11.7. The number of hydrogen-bond donors (Lipinski definition) is 2. The minimum atomic E-state index is -0.0327. The Balaban J connectivity index is 2.34. The van der Waals surface area contributed by atoms with E-state index in [4.69, 9.17) is 9.84 Å². The smallest absolute Gasteiger partial charge is 0.223 e. The van der Waals surface area contributed by atoms with Crippen LogP contribution in [0.5, 0.6) is 5.75 Å². The molecule has 1 unspecified atom stereocenters. The molecule has 0 radical (unpaired) electrons. The van der Waals surface area contributed by atoms with Gasteiger partial charge in [0.25, 0.3) is 0 Å². The summed E-state index contributed by atoms with van der Waals surface area (Å²) < 4.78 is 5.60. The van der Waals surface area contributed by atoms with Gasteiger partial charge in [0.15, 0.2) is 0 Å². The van der Waals surface area contributed by atoms with Crippen molar-refractivity contribution in [2.24, 2.45) is 0 Å². The third-order valence-electron chi connectivity index (χ3n) is 3.13. The Bertz CT molecular complexity index is 411. The van der Waals surface area contributed by atoms with Crippen LogP contribution >= 0.6 is 0 Å².